The molecule has 0 radical (unpaired) electrons. The summed E-state index contributed by atoms with van der Waals surface area (Å²) in [5.41, 5.74) is 1.16. The fraction of sp³-hybridized carbons (Fsp3) is 0.600. The van der Waals surface area contributed by atoms with Crippen LogP contribution in [0.5, 0.6) is 0 Å². The number of rotatable bonds is 3. The Hall–Kier alpha value is -0.450. The second kappa shape index (κ2) is 5.90. The van der Waals surface area contributed by atoms with Crippen LogP contribution in [-0.2, 0) is 4.74 Å². The van der Waals surface area contributed by atoms with Crippen molar-refractivity contribution in [1.29, 1.82) is 0 Å². The van der Waals surface area contributed by atoms with E-state index in [1.54, 1.807) is 0 Å². The van der Waals surface area contributed by atoms with E-state index < -0.39 is 0 Å². The van der Waals surface area contributed by atoms with Gasteiger partial charge in [0.1, 0.15) is 5.82 Å². The predicted octanol–water partition coefficient (Wildman–Crippen LogP) is 4.05. The molecule has 2 rings (SSSR count). The average molecular weight is 330 g/mol. The summed E-state index contributed by atoms with van der Waals surface area (Å²) in [5.74, 6) is 0.211. The first-order valence-electron chi connectivity index (χ1n) is 6.68. The molecule has 1 aromatic rings. The van der Waals surface area contributed by atoms with Gasteiger partial charge in [0, 0.05) is 24.6 Å². The van der Waals surface area contributed by atoms with Gasteiger partial charge >= 0.3 is 0 Å². The molecule has 0 aliphatic carbocycles. The van der Waals surface area contributed by atoms with Crippen LogP contribution in [0.1, 0.15) is 38.9 Å². The summed E-state index contributed by atoms with van der Waals surface area (Å²) in [6.07, 6.45) is 1.11. The highest BCUT2D eigenvalue weighted by atomic mass is 79.9. The number of hydrogen-bond acceptors (Lipinski definition) is 2. The topological polar surface area (TPSA) is 21.3 Å². The van der Waals surface area contributed by atoms with Gasteiger partial charge in [0.15, 0.2) is 0 Å². The molecule has 0 bridgehead atoms. The lowest BCUT2D eigenvalue weighted by Gasteiger charge is -2.26. The summed E-state index contributed by atoms with van der Waals surface area (Å²) >= 11 is 3.24. The van der Waals surface area contributed by atoms with Crippen LogP contribution in [0.3, 0.4) is 0 Å². The largest absolute Gasteiger partial charge is 0.373 e. The standard InChI is InChI=1S/C15H21BrFNO/c1-15(2,3)18-9-11-6-7-19-14(11)10-4-5-13(17)12(16)8-10/h4-5,8,11,14,18H,6-7,9H2,1-3H3. The van der Waals surface area contributed by atoms with Gasteiger partial charge in [0.2, 0.25) is 0 Å². The van der Waals surface area contributed by atoms with Gasteiger partial charge in [0.25, 0.3) is 0 Å². The molecular weight excluding hydrogens is 309 g/mol. The molecule has 0 aromatic heterocycles. The van der Waals surface area contributed by atoms with Crippen LogP contribution in [-0.4, -0.2) is 18.7 Å². The SMILES string of the molecule is CC(C)(C)NCC1CCOC1c1ccc(F)c(Br)c1. The Morgan fingerprint density at radius 2 is 2.16 bits per heavy atom. The maximum atomic E-state index is 13.3. The zero-order chi connectivity index (χ0) is 14.0. The Kier molecular flexibility index (Phi) is 4.64. The summed E-state index contributed by atoms with van der Waals surface area (Å²) in [4.78, 5) is 0. The molecule has 1 aliphatic rings. The van der Waals surface area contributed by atoms with Gasteiger partial charge in [-0.3, -0.25) is 0 Å². The normalized spacial score (nSPS) is 23.8. The Morgan fingerprint density at radius 3 is 2.79 bits per heavy atom. The predicted molar refractivity (Wildman–Crippen MR) is 78.7 cm³/mol. The van der Waals surface area contributed by atoms with E-state index in [4.69, 9.17) is 4.74 Å². The molecule has 0 amide bonds. The molecule has 1 N–H and O–H groups in total. The Balaban J connectivity index is 2.07. The first-order chi connectivity index (χ1) is 8.87. The van der Waals surface area contributed by atoms with E-state index in [0.717, 1.165) is 25.1 Å². The quantitative estimate of drug-likeness (QED) is 0.903. The van der Waals surface area contributed by atoms with E-state index in [9.17, 15) is 4.39 Å². The Labute approximate surface area is 122 Å². The van der Waals surface area contributed by atoms with Crippen molar-refractivity contribution < 1.29 is 9.13 Å². The van der Waals surface area contributed by atoms with Gasteiger partial charge in [-0.1, -0.05) is 6.07 Å². The van der Waals surface area contributed by atoms with Gasteiger partial charge < -0.3 is 10.1 Å². The van der Waals surface area contributed by atoms with Gasteiger partial charge in [-0.15, -0.1) is 0 Å². The van der Waals surface area contributed by atoms with Crippen LogP contribution in [0.15, 0.2) is 22.7 Å². The number of ether oxygens (including phenoxy) is 1. The van der Waals surface area contributed by atoms with E-state index in [-0.39, 0.29) is 17.5 Å². The van der Waals surface area contributed by atoms with Crippen LogP contribution >= 0.6 is 15.9 Å². The van der Waals surface area contributed by atoms with Crippen LogP contribution in [0, 0.1) is 11.7 Å². The lowest BCUT2D eigenvalue weighted by molar-refractivity contribution is 0.0888. The van der Waals surface area contributed by atoms with E-state index in [2.05, 4.69) is 42.0 Å². The van der Waals surface area contributed by atoms with Crippen molar-refractivity contribution in [2.24, 2.45) is 5.92 Å². The highest BCUT2D eigenvalue weighted by molar-refractivity contribution is 9.10. The monoisotopic (exact) mass is 329 g/mol. The molecule has 0 spiro atoms. The van der Waals surface area contributed by atoms with E-state index in [0.29, 0.717) is 10.4 Å². The van der Waals surface area contributed by atoms with Gasteiger partial charge in [-0.2, -0.15) is 0 Å². The fourth-order valence-electron chi connectivity index (χ4n) is 2.34. The van der Waals surface area contributed by atoms with Crippen molar-refractivity contribution in [3.05, 3.63) is 34.1 Å². The van der Waals surface area contributed by atoms with E-state index >= 15 is 0 Å². The molecule has 19 heavy (non-hydrogen) atoms. The molecule has 1 saturated heterocycles. The van der Waals surface area contributed by atoms with E-state index in [1.165, 1.54) is 6.07 Å². The van der Waals surface area contributed by atoms with Crippen molar-refractivity contribution in [3.8, 4) is 0 Å². The van der Waals surface area contributed by atoms with Crippen LogP contribution in [0.2, 0.25) is 0 Å². The van der Waals surface area contributed by atoms with Gasteiger partial charge in [-0.05, 0) is 60.8 Å². The summed E-state index contributed by atoms with van der Waals surface area (Å²) in [7, 11) is 0. The number of halogens is 2. The Morgan fingerprint density at radius 1 is 1.42 bits per heavy atom. The van der Waals surface area contributed by atoms with Crippen molar-refractivity contribution in [3.63, 3.8) is 0 Å². The molecule has 1 heterocycles. The molecule has 2 nitrogen and oxygen atoms in total. The van der Waals surface area contributed by atoms with Gasteiger partial charge in [-0.25, -0.2) is 4.39 Å². The minimum Gasteiger partial charge on any atom is -0.373 e. The van der Waals surface area contributed by atoms with Crippen LogP contribution < -0.4 is 5.32 Å². The summed E-state index contributed by atoms with van der Waals surface area (Å²) < 4.78 is 19.6. The van der Waals surface area contributed by atoms with Crippen LogP contribution in [0.25, 0.3) is 0 Å². The average Bonchev–Trinajstić information content (AvgIpc) is 2.77. The minimum absolute atomic E-state index is 0.0618. The smallest absolute Gasteiger partial charge is 0.137 e. The fourth-order valence-corrected chi connectivity index (χ4v) is 2.73. The molecule has 4 heteroatoms. The zero-order valence-corrected chi connectivity index (χ0v) is 13.3. The maximum Gasteiger partial charge on any atom is 0.137 e. The first kappa shape index (κ1) is 14.9. The maximum absolute atomic E-state index is 13.3. The van der Waals surface area contributed by atoms with Crippen molar-refractivity contribution >= 4 is 15.9 Å². The van der Waals surface area contributed by atoms with Crippen molar-refractivity contribution in [2.75, 3.05) is 13.2 Å². The molecular formula is C15H21BrFNO. The minimum atomic E-state index is -0.230. The van der Waals surface area contributed by atoms with Crippen LogP contribution in [0.4, 0.5) is 4.39 Å². The van der Waals surface area contributed by atoms with Gasteiger partial charge in [0.05, 0.1) is 10.6 Å². The number of benzene rings is 1. The summed E-state index contributed by atoms with van der Waals surface area (Å²) in [6, 6.07) is 5.14. The third kappa shape index (κ3) is 4.01. The highest BCUT2D eigenvalue weighted by Gasteiger charge is 2.30. The Bertz CT molecular complexity index is 444. The zero-order valence-electron chi connectivity index (χ0n) is 11.7. The molecule has 106 valence electrons. The summed E-state index contributed by atoms with van der Waals surface area (Å²) in [5, 5.41) is 3.52. The molecule has 1 aromatic carbocycles. The van der Waals surface area contributed by atoms with Crippen molar-refractivity contribution in [1.82, 2.24) is 5.32 Å². The molecule has 2 atom stereocenters. The third-order valence-electron chi connectivity index (χ3n) is 3.38. The number of hydrogen-bond donors (Lipinski definition) is 1. The second-order valence-corrected chi connectivity index (χ2v) is 7.00. The number of nitrogens with one attached hydrogen (secondary N) is 1. The lowest BCUT2D eigenvalue weighted by Crippen LogP contribution is -2.39. The lowest BCUT2D eigenvalue weighted by atomic mass is 9.94. The first-order valence-corrected chi connectivity index (χ1v) is 7.48. The summed E-state index contributed by atoms with van der Waals surface area (Å²) in [6.45, 7) is 8.17. The third-order valence-corrected chi connectivity index (χ3v) is 3.99. The molecule has 1 fully saturated rings. The molecule has 0 saturated carbocycles. The van der Waals surface area contributed by atoms with E-state index in [1.807, 2.05) is 12.1 Å². The molecule has 2 unspecified atom stereocenters. The van der Waals surface area contributed by atoms with Crippen molar-refractivity contribution in [2.45, 2.75) is 38.8 Å². The highest BCUT2D eigenvalue weighted by Crippen LogP contribution is 2.35. The molecule has 1 aliphatic heterocycles. The second-order valence-electron chi connectivity index (χ2n) is 6.14.